The molecular weight excluding hydrogens is 1100 g/mol. The molecule has 1 aliphatic rings. The summed E-state index contributed by atoms with van der Waals surface area (Å²) in [5.41, 5.74) is 0. The number of esters is 1. The van der Waals surface area contributed by atoms with Crippen LogP contribution in [-0.2, 0) is 23.8 Å². The Labute approximate surface area is 540 Å². The fourth-order valence-corrected chi connectivity index (χ4v) is 11.2. The SMILES string of the molecule is CCCCC/C=C\C/C=C\C/C=C\CCCCCCCCCCCCCCCC(O)C(=O)NC(COC1OC(CO)C(O)C(O)C1OC(=O)CCCCCCCCCC/C=C\C/C=C\C/C=C\CCCCC)C(O)/C=C/CCCCCCCCCCCC. The molecular formula is C77H137NO10. The molecule has 1 saturated heterocycles. The number of carbonyl (C=O) groups excluding carboxylic acids is 2. The molecule has 1 heterocycles. The van der Waals surface area contributed by atoms with E-state index >= 15 is 0 Å². The highest BCUT2D eigenvalue weighted by Gasteiger charge is 2.47. The van der Waals surface area contributed by atoms with Crippen LogP contribution in [0.2, 0.25) is 0 Å². The highest BCUT2D eigenvalue weighted by molar-refractivity contribution is 5.80. The molecule has 510 valence electrons. The van der Waals surface area contributed by atoms with E-state index in [9.17, 15) is 35.1 Å². The molecule has 0 bridgehead atoms. The third-order valence-corrected chi connectivity index (χ3v) is 17.0. The zero-order valence-electron chi connectivity index (χ0n) is 56.8. The van der Waals surface area contributed by atoms with E-state index in [4.69, 9.17) is 14.2 Å². The third-order valence-electron chi connectivity index (χ3n) is 17.0. The number of unbranched alkanes of at least 4 members (excludes halogenated alkanes) is 37. The van der Waals surface area contributed by atoms with Gasteiger partial charge in [0.1, 0.15) is 24.4 Å². The number of hydrogen-bond donors (Lipinski definition) is 6. The van der Waals surface area contributed by atoms with E-state index in [1.54, 1.807) is 6.08 Å². The van der Waals surface area contributed by atoms with Gasteiger partial charge in [-0.25, -0.2) is 0 Å². The maximum absolute atomic E-state index is 13.5. The topological polar surface area (TPSA) is 175 Å². The predicted molar refractivity (Wildman–Crippen MR) is 370 cm³/mol. The van der Waals surface area contributed by atoms with Crippen LogP contribution in [0.5, 0.6) is 0 Å². The van der Waals surface area contributed by atoms with E-state index < -0.39 is 67.4 Å². The summed E-state index contributed by atoms with van der Waals surface area (Å²) >= 11 is 0. The number of amides is 1. The quantitative estimate of drug-likeness (QED) is 0.0195. The predicted octanol–water partition coefficient (Wildman–Crippen LogP) is 19.2. The summed E-state index contributed by atoms with van der Waals surface area (Å²) in [6.45, 7) is 5.76. The molecule has 8 unspecified atom stereocenters. The van der Waals surface area contributed by atoms with E-state index in [0.29, 0.717) is 12.8 Å². The van der Waals surface area contributed by atoms with E-state index in [2.05, 4.69) is 99.0 Å². The van der Waals surface area contributed by atoms with Gasteiger partial charge in [-0.2, -0.15) is 0 Å². The van der Waals surface area contributed by atoms with Crippen molar-refractivity contribution in [1.82, 2.24) is 5.32 Å². The minimum atomic E-state index is -1.62. The van der Waals surface area contributed by atoms with Gasteiger partial charge >= 0.3 is 5.97 Å². The molecule has 1 rings (SSSR count). The summed E-state index contributed by atoms with van der Waals surface area (Å²) in [5, 5.41) is 57.3. The first kappa shape index (κ1) is 82.9. The second-order valence-corrected chi connectivity index (χ2v) is 25.3. The zero-order valence-corrected chi connectivity index (χ0v) is 56.8. The smallest absolute Gasteiger partial charge is 0.306 e. The van der Waals surface area contributed by atoms with Crippen molar-refractivity contribution in [2.45, 2.75) is 378 Å². The summed E-state index contributed by atoms with van der Waals surface area (Å²) in [7, 11) is 0. The molecule has 0 spiro atoms. The number of aliphatic hydroxyl groups is 5. The largest absolute Gasteiger partial charge is 0.454 e. The molecule has 11 heteroatoms. The summed E-state index contributed by atoms with van der Waals surface area (Å²) in [6, 6.07) is -1.03. The molecule has 11 nitrogen and oxygen atoms in total. The van der Waals surface area contributed by atoms with E-state index in [1.807, 2.05) is 6.08 Å². The lowest BCUT2D eigenvalue weighted by atomic mass is 9.99. The second kappa shape index (κ2) is 64.0. The molecule has 0 saturated carbocycles. The maximum atomic E-state index is 13.5. The van der Waals surface area contributed by atoms with Crippen molar-refractivity contribution in [3.63, 3.8) is 0 Å². The number of allylic oxidation sites excluding steroid dienone is 13. The lowest BCUT2D eigenvalue weighted by molar-refractivity contribution is -0.305. The van der Waals surface area contributed by atoms with Crippen LogP contribution in [0.3, 0.4) is 0 Å². The Hall–Kier alpha value is -3.16. The molecule has 1 fully saturated rings. The molecule has 88 heavy (non-hydrogen) atoms. The van der Waals surface area contributed by atoms with Crippen molar-refractivity contribution in [2.75, 3.05) is 13.2 Å². The Morgan fingerprint density at radius 2 is 0.784 bits per heavy atom. The number of ether oxygens (including phenoxy) is 3. The molecule has 1 amide bonds. The standard InChI is InChI=1S/C77H137NO10/c1-4-7-10-13-16-19-22-25-27-29-31-33-34-35-36-37-39-40-42-44-46-49-52-55-58-61-64-70(81)76(85)78-68(69(80)63-60-57-54-51-48-24-21-18-15-12-9-6-3)67-86-77-75(74(84)73(83)71(66-79)87-77)88-72(82)65-62-59-56-53-50-47-45-43-41-38-32-30-28-26-23-20-17-14-11-8-5-2/h16-17,19-20,25-28,31-33,38,60,63,68-71,73-75,77,79-81,83-84H,4-15,18,21-24,29-30,34-37,39-59,61-62,64-67H2,1-3H3,(H,78,85)/b19-16-,20-17-,27-25-,28-26-,33-31-,38-32-,63-60+. The highest BCUT2D eigenvalue weighted by atomic mass is 16.7. The summed E-state index contributed by atoms with van der Waals surface area (Å²) in [5.74, 6) is -1.20. The maximum Gasteiger partial charge on any atom is 0.306 e. The average molecular weight is 1240 g/mol. The molecule has 0 aromatic rings. The molecule has 1 aliphatic heterocycles. The van der Waals surface area contributed by atoms with Gasteiger partial charge in [0.15, 0.2) is 12.4 Å². The van der Waals surface area contributed by atoms with Gasteiger partial charge in [0.05, 0.1) is 25.4 Å². The molecule has 8 atom stereocenters. The Morgan fingerprint density at radius 1 is 0.443 bits per heavy atom. The van der Waals surface area contributed by atoms with Crippen molar-refractivity contribution in [3.05, 3.63) is 85.1 Å². The highest BCUT2D eigenvalue weighted by Crippen LogP contribution is 2.26. The van der Waals surface area contributed by atoms with Crippen LogP contribution in [0.4, 0.5) is 0 Å². The lowest BCUT2D eigenvalue weighted by Gasteiger charge is -2.41. The first-order valence-electron chi connectivity index (χ1n) is 36.9. The molecule has 0 radical (unpaired) electrons. The Bertz CT molecular complexity index is 1760. The Balaban J connectivity index is 2.55. The van der Waals surface area contributed by atoms with Crippen LogP contribution in [0.1, 0.15) is 329 Å². The van der Waals surface area contributed by atoms with Gasteiger partial charge in [0.2, 0.25) is 5.91 Å². The number of aliphatic hydroxyl groups excluding tert-OH is 5. The lowest BCUT2D eigenvalue weighted by Crippen LogP contribution is -2.61. The van der Waals surface area contributed by atoms with E-state index in [0.717, 1.165) is 96.3 Å². The second-order valence-electron chi connectivity index (χ2n) is 25.3. The van der Waals surface area contributed by atoms with Crippen LogP contribution in [0.25, 0.3) is 0 Å². The first-order valence-corrected chi connectivity index (χ1v) is 36.9. The Kier molecular flexibility index (Phi) is 60.2. The summed E-state index contributed by atoms with van der Waals surface area (Å²) in [6.07, 6.45) is 74.7. The van der Waals surface area contributed by atoms with Crippen LogP contribution < -0.4 is 5.32 Å². The number of hydrogen-bond acceptors (Lipinski definition) is 10. The van der Waals surface area contributed by atoms with Gasteiger partial charge in [-0.05, 0) is 103 Å². The average Bonchev–Trinajstić information content (AvgIpc) is 1.25. The Morgan fingerprint density at radius 3 is 1.19 bits per heavy atom. The van der Waals surface area contributed by atoms with Gasteiger partial charge in [0, 0.05) is 6.42 Å². The summed E-state index contributed by atoms with van der Waals surface area (Å²) < 4.78 is 17.7. The van der Waals surface area contributed by atoms with Gasteiger partial charge < -0.3 is 45.1 Å². The van der Waals surface area contributed by atoms with Crippen LogP contribution in [0, 0.1) is 0 Å². The zero-order chi connectivity index (χ0) is 63.9. The van der Waals surface area contributed by atoms with Gasteiger partial charge in [0.25, 0.3) is 0 Å². The van der Waals surface area contributed by atoms with E-state index in [1.165, 1.54) is 186 Å². The monoisotopic (exact) mass is 1240 g/mol. The van der Waals surface area contributed by atoms with Crippen molar-refractivity contribution in [3.8, 4) is 0 Å². The van der Waals surface area contributed by atoms with Gasteiger partial charge in [-0.15, -0.1) is 0 Å². The normalized spacial score (nSPS) is 18.7. The van der Waals surface area contributed by atoms with Crippen LogP contribution >= 0.6 is 0 Å². The fraction of sp³-hybridized carbons (Fsp3) is 0.792. The van der Waals surface area contributed by atoms with Crippen LogP contribution in [0.15, 0.2) is 85.1 Å². The van der Waals surface area contributed by atoms with Gasteiger partial charge in [-0.3, -0.25) is 9.59 Å². The number of carbonyl (C=O) groups is 2. The molecule has 0 aliphatic carbocycles. The van der Waals surface area contributed by atoms with Crippen molar-refractivity contribution in [1.29, 1.82) is 0 Å². The molecule has 0 aromatic heterocycles. The third kappa shape index (κ3) is 50.5. The van der Waals surface area contributed by atoms with Crippen molar-refractivity contribution < 1.29 is 49.3 Å². The molecule has 0 aromatic carbocycles. The van der Waals surface area contributed by atoms with Crippen molar-refractivity contribution >= 4 is 11.9 Å². The van der Waals surface area contributed by atoms with Crippen LogP contribution in [-0.4, -0.2) is 99.6 Å². The summed E-state index contributed by atoms with van der Waals surface area (Å²) in [4.78, 5) is 26.7. The first-order chi connectivity index (χ1) is 43.2. The molecule has 6 N–H and O–H groups in total. The number of nitrogens with one attached hydrogen (secondary N) is 1. The minimum Gasteiger partial charge on any atom is -0.454 e. The van der Waals surface area contributed by atoms with E-state index in [-0.39, 0.29) is 19.4 Å². The van der Waals surface area contributed by atoms with Gasteiger partial charge in [-0.1, -0.05) is 305 Å². The van der Waals surface area contributed by atoms with Crippen molar-refractivity contribution in [2.24, 2.45) is 0 Å². The minimum absolute atomic E-state index is 0.113. The fourth-order valence-electron chi connectivity index (χ4n) is 11.2. The number of rotatable bonds is 63.